The molecule has 0 saturated carbocycles. The smallest absolute Gasteiger partial charge is 0.434 e. The van der Waals surface area contributed by atoms with Gasteiger partial charge in [0.25, 0.3) is 6.10 Å². The van der Waals surface area contributed by atoms with E-state index in [4.69, 9.17) is 14.9 Å². The van der Waals surface area contributed by atoms with Crippen LogP contribution in [0, 0.1) is 5.82 Å². The lowest BCUT2D eigenvalue weighted by Crippen LogP contribution is -2.52. The molecule has 1 aromatic rings. The van der Waals surface area contributed by atoms with Crippen LogP contribution in [0.25, 0.3) is 0 Å². The van der Waals surface area contributed by atoms with Crippen molar-refractivity contribution < 1.29 is 55.2 Å². The number of aliphatic hydroxyl groups is 2. The number of amides is 1. The van der Waals surface area contributed by atoms with E-state index < -0.39 is 43.3 Å². The molecular formula is C17H19F7N2O5. The highest BCUT2D eigenvalue weighted by Crippen LogP contribution is 2.36. The molecule has 1 amide bonds. The summed E-state index contributed by atoms with van der Waals surface area (Å²) in [6, 6.07) is 3.98. The fraction of sp³-hybridized carbons (Fsp3) is 0.588. The Morgan fingerprint density at radius 2 is 1.61 bits per heavy atom. The molecule has 176 valence electrons. The Bertz CT molecular complexity index is 735. The van der Waals surface area contributed by atoms with Gasteiger partial charge >= 0.3 is 18.4 Å². The lowest BCUT2D eigenvalue weighted by Gasteiger charge is -2.35. The molecule has 2 N–H and O–H groups in total. The summed E-state index contributed by atoms with van der Waals surface area (Å²) in [5.74, 6) is -0.985. The molecule has 14 heteroatoms. The molecular weight excluding hydrogens is 445 g/mol. The Kier molecular flexibility index (Phi) is 7.94. The summed E-state index contributed by atoms with van der Waals surface area (Å²) in [5.41, 5.74) is 0.325. The molecule has 1 fully saturated rings. The van der Waals surface area contributed by atoms with E-state index in [9.17, 15) is 35.5 Å². The number of ether oxygens (including phenoxy) is 2. The maximum atomic E-state index is 14.0. The summed E-state index contributed by atoms with van der Waals surface area (Å²) < 4.78 is 97.9. The predicted octanol–water partition coefficient (Wildman–Crippen LogP) is 2.26. The van der Waals surface area contributed by atoms with Crippen LogP contribution in [-0.2, 0) is 11.3 Å². The predicted molar refractivity (Wildman–Crippen MR) is 89.3 cm³/mol. The van der Waals surface area contributed by atoms with Gasteiger partial charge in [0.1, 0.15) is 6.61 Å². The third-order valence-corrected chi connectivity index (χ3v) is 4.26. The van der Waals surface area contributed by atoms with Crippen LogP contribution in [-0.4, -0.2) is 83.6 Å². The molecule has 0 atom stereocenters. The average Bonchev–Trinajstić information content (AvgIpc) is 2.64. The standard InChI is InChI=1S/C17H19F7N2O5/c18-11-3-1-2-10(13(11)30-9-12(27)28)8-25-4-6-26(7-5-25)15(29)31-14(16(19,20)21)17(22,23)24/h1-3,12,14,27-28H,4-9H2. The first-order valence-corrected chi connectivity index (χ1v) is 8.86. The summed E-state index contributed by atoms with van der Waals surface area (Å²) in [4.78, 5) is 14.2. The van der Waals surface area contributed by atoms with Gasteiger partial charge in [0.2, 0.25) is 0 Å². The van der Waals surface area contributed by atoms with Crippen molar-refractivity contribution in [3.05, 3.63) is 29.6 Å². The first-order valence-electron chi connectivity index (χ1n) is 8.86. The number of alkyl halides is 6. The van der Waals surface area contributed by atoms with Crippen molar-refractivity contribution in [2.24, 2.45) is 0 Å². The Labute approximate surface area is 171 Å². The van der Waals surface area contributed by atoms with Crippen LogP contribution in [0.3, 0.4) is 0 Å². The van der Waals surface area contributed by atoms with Crippen molar-refractivity contribution in [3.63, 3.8) is 0 Å². The van der Waals surface area contributed by atoms with E-state index in [1.54, 1.807) is 4.90 Å². The van der Waals surface area contributed by atoms with Crippen LogP contribution >= 0.6 is 0 Å². The Balaban J connectivity index is 1.96. The first-order chi connectivity index (χ1) is 14.3. The summed E-state index contributed by atoms with van der Waals surface area (Å²) in [7, 11) is 0. The number of hydrogen-bond acceptors (Lipinski definition) is 6. The number of para-hydroxylation sites is 1. The van der Waals surface area contributed by atoms with Gasteiger partial charge in [-0.05, 0) is 6.07 Å². The largest absolute Gasteiger partial charge is 0.485 e. The van der Waals surface area contributed by atoms with Gasteiger partial charge in [-0.1, -0.05) is 12.1 Å². The topological polar surface area (TPSA) is 82.5 Å². The highest BCUT2D eigenvalue weighted by Gasteiger charge is 2.60. The van der Waals surface area contributed by atoms with Crippen LogP contribution in [0.15, 0.2) is 18.2 Å². The van der Waals surface area contributed by atoms with Gasteiger partial charge in [-0.3, -0.25) is 4.90 Å². The van der Waals surface area contributed by atoms with E-state index in [0.29, 0.717) is 10.5 Å². The molecule has 7 nitrogen and oxygen atoms in total. The minimum absolute atomic E-state index is 0.0520. The van der Waals surface area contributed by atoms with E-state index in [1.807, 2.05) is 0 Å². The van der Waals surface area contributed by atoms with Crippen LogP contribution < -0.4 is 4.74 Å². The van der Waals surface area contributed by atoms with Crippen molar-refractivity contribution in [2.75, 3.05) is 32.8 Å². The van der Waals surface area contributed by atoms with Crippen molar-refractivity contribution in [1.82, 2.24) is 9.80 Å². The summed E-state index contributed by atoms with van der Waals surface area (Å²) in [6.45, 7) is -0.852. The van der Waals surface area contributed by atoms with Crippen molar-refractivity contribution in [3.8, 4) is 5.75 Å². The Morgan fingerprint density at radius 1 is 1.03 bits per heavy atom. The molecule has 1 heterocycles. The van der Waals surface area contributed by atoms with Crippen molar-refractivity contribution >= 4 is 6.09 Å². The van der Waals surface area contributed by atoms with Crippen LogP contribution in [0.5, 0.6) is 5.75 Å². The lowest BCUT2D eigenvalue weighted by molar-refractivity contribution is -0.308. The number of carbonyl (C=O) groups is 1. The normalized spacial score (nSPS) is 16.2. The molecule has 0 bridgehead atoms. The second-order valence-corrected chi connectivity index (χ2v) is 6.63. The van der Waals surface area contributed by atoms with E-state index in [0.717, 1.165) is 6.07 Å². The zero-order valence-corrected chi connectivity index (χ0v) is 15.8. The molecule has 0 aliphatic carbocycles. The second kappa shape index (κ2) is 9.87. The van der Waals surface area contributed by atoms with Gasteiger partial charge in [0.15, 0.2) is 17.9 Å². The van der Waals surface area contributed by atoms with Crippen LogP contribution in [0.1, 0.15) is 5.56 Å². The fourth-order valence-corrected chi connectivity index (χ4v) is 2.82. The minimum atomic E-state index is -5.80. The number of piperazine rings is 1. The minimum Gasteiger partial charge on any atom is -0.485 e. The van der Waals surface area contributed by atoms with Gasteiger partial charge < -0.3 is 24.6 Å². The molecule has 1 aliphatic heterocycles. The molecule has 2 rings (SSSR count). The zero-order chi connectivity index (χ0) is 23.4. The fourth-order valence-electron chi connectivity index (χ4n) is 2.82. The second-order valence-electron chi connectivity index (χ2n) is 6.63. The monoisotopic (exact) mass is 464 g/mol. The molecule has 0 spiro atoms. The first kappa shape index (κ1) is 24.9. The molecule has 31 heavy (non-hydrogen) atoms. The number of benzene rings is 1. The maximum Gasteiger partial charge on any atom is 0.434 e. The van der Waals surface area contributed by atoms with Crippen molar-refractivity contribution in [1.29, 1.82) is 0 Å². The number of halogens is 7. The molecule has 0 unspecified atom stereocenters. The number of nitrogens with zero attached hydrogens (tertiary/aromatic N) is 2. The number of hydrogen-bond donors (Lipinski definition) is 2. The SMILES string of the molecule is O=C(OC(C(F)(F)F)C(F)(F)F)N1CCN(Cc2cccc(F)c2OCC(O)O)CC1. The Morgan fingerprint density at radius 3 is 2.13 bits per heavy atom. The molecule has 0 aromatic heterocycles. The summed E-state index contributed by atoms with van der Waals surface area (Å²) in [5, 5.41) is 17.7. The molecule has 1 aliphatic rings. The molecule has 1 saturated heterocycles. The number of aliphatic hydroxyl groups excluding tert-OH is 1. The third-order valence-electron chi connectivity index (χ3n) is 4.26. The van der Waals surface area contributed by atoms with Crippen molar-refractivity contribution in [2.45, 2.75) is 31.3 Å². The number of rotatable bonds is 6. The van der Waals surface area contributed by atoms with E-state index in [-0.39, 0.29) is 38.5 Å². The van der Waals surface area contributed by atoms with Crippen LogP contribution in [0.2, 0.25) is 0 Å². The zero-order valence-electron chi connectivity index (χ0n) is 15.8. The Hall–Kier alpha value is -2.32. The van der Waals surface area contributed by atoms with Gasteiger partial charge in [0, 0.05) is 38.3 Å². The maximum absolute atomic E-state index is 14.0. The molecule has 1 aromatic carbocycles. The lowest BCUT2D eigenvalue weighted by atomic mass is 10.1. The van der Waals surface area contributed by atoms with Gasteiger partial charge in [0.05, 0.1) is 0 Å². The average molecular weight is 464 g/mol. The van der Waals surface area contributed by atoms with Gasteiger partial charge in [-0.2, -0.15) is 26.3 Å². The highest BCUT2D eigenvalue weighted by molar-refractivity contribution is 5.68. The third kappa shape index (κ3) is 7.11. The highest BCUT2D eigenvalue weighted by atomic mass is 19.4. The van der Waals surface area contributed by atoms with Gasteiger partial charge in [-0.15, -0.1) is 0 Å². The molecule has 0 radical (unpaired) electrons. The quantitative estimate of drug-likeness (QED) is 0.497. The van der Waals surface area contributed by atoms with E-state index in [2.05, 4.69) is 4.74 Å². The summed E-state index contributed by atoms with van der Waals surface area (Å²) in [6.07, 6.45) is -19.4. The van der Waals surface area contributed by atoms with E-state index in [1.165, 1.54) is 12.1 Å². The number of carbonyl (C=O) groups excluding carboxylic acids is 1. The van der Waals surface area contributed by atoms with Crippen LogP contribution in [0.4, 0.5) is 35.5 Å². The van der Waals surface area contributed by atoms with E-state index >= 15 is 0 Å². The van der Waals surface area contributed by atoms with Gasteiger partial charge in [-0.25, -0.2) is 9.18 Å². The summed E-state index contributed by atoms with van der Waals surface area (Å²) >= 11 is 0.